The molecule has 0 aliphatic heterocycles. The SMILES string of the molecule is CCCCOC(=O)CCC(O)c1cccc(Cl)c1F. The molecule has 0 saturated carbocycles. The highest BCUT2D eigenvalue weighted by atomic mass is 35.5. The molecule has 1 aromatic rings. The molecule has 0 amide bonds. The third kappa shape index (κ3) is 5.17. The van der Waals surface area contributed by atoms with Crippen LogP contribution in [0.15, 0.2) is 18.2 Å². The van der Waals surface area contributed by atoms with Crippen LogP contribution in [0.1, 0.15) is 44.3 Å². The van der Waals surface area contributed by atoms with Crippen molar-refractivity contribution < 1.29 is 19.0 Å². The number of ether oxygens (including phenoxy) is 1. The molecule has 3 nitrogen and oxygen atoms in total. The Bertz CT molecular complexity index is 423. The minimum atomic E-state index is -1.06. The Kier molecular flexibility index (Phi) is 6.81. The molecule has 1 aromatic carbocycles. The van der Waals surface area contributed by atoms with E-state index in [9.17, 15) is 14.3 Å². The highest BCUT2D eigenvalue weighted by molar-refractivity contribution is 6.30. The van der Waals surface area contributed by atoms with Crippen LogP contribution in [-0.4, -0.2) is 17.7 Å². The summed E-state index contributed by atoms with van der Waals surface area (Å²) in [5, 5.41) is 9.80. The first-order valence-corrected chi connectivity index (χ1v) is 6.71. The highest BCUT2D eigenvalue weighted by Crippen LogP contribution is 2.26. The summed E-state index contributed by atoms with van der Waals surface area (Å²) < 4.78 is 18.6. The van der Waals surface area contributed by atoms with E-state index in [1.54, 1.807) is 6.07 Å². The third-order valence-corrected chi connectivity index (χ3v) is 3.02. The lowest BCUT2D eigenvalue weighted by Gasteiger charge is -2.12. The minimum Gasteiger partial charge on any atom is -0.466 e. The van der Waals surface area contributed by atoms with E-state index in [4.69, 9.17) is 16.3 Å². The van der Waals surface area contributed by atoms with Gasteiger partial charge in [-0.2, -0.15) is 0 Å². The van der Waals surface area contributed by atoms with Crippen LogP contribution < -0.4 is 0 Å². The number of aliphatic hydroxyl groups excluding tert-OH is 1. The monoisotopic (exact) mass is 288 g/mol. The molecular weight excluding hydrogens is 271 g/mol. The fourth-order valence-electron chi connectivity index (χ4n) is 1.59. The molecule has 0 fully saturated rings. The summed E-state index contributed by atoms with van der Waals surface area (Å²) in [6.07, 6.45) is 0.873. The van der Waals surface area contributed by atoms with Crippen molar-refractivity contribution in [3.05, 3.63) is 34.6 Å². The predicted octanol–water partition coefficient (Wildman–Crippen LogP) is 3.64. The minimum absolute atomic E-state index is 0.0397. The van der Waals surface area contributed by atoms with Crippen molar-refractivity contribution in [1.82, 2.24) is 0 Å². The Labute approximate surface area is 117 Å². The topological polar surface area (TPSA) is 46.5 Å². The first kappa shape index (κ1) is 15.9. The molecule has 0 heterocycles. The maximum Gasteiger partial charge on any atom is 0.305 e. The van der Waals surface area contributed by atoms with Crippen molar-refractivity contribution >= 4 is 17.6 Å². The number of hydrogen-bond donors (Lipinski definition) is 1. The van der Waals surface area contributed by atoms with E-state index in [0.717, 1.165) is 12.8 Å². The van der Waals surface area contributed by atoms with Crippen LogP contribution in [0.5, 0.6) is 0 Å². The smallest absolute Gasteiger partial charge is 0.305 e. The maximum absolute atomic E-state index is 13.6. The number of rotatable bonds is 7. The van der Waals surface area contributed by atoms with Gasteiger partial charge in [-0.25, -0.2) is 4.39 Å². The number of halogens is 2. The molecule has 106 valence electrons. The molecule has 19 heavy (non-hydrogen) atoms. The van der Waals surface area contributed by atoms with Crippen molar-refractivity contribution in [3.8, 4) is 0 Å². The molecule has 0 saturated heterocycles. The van der Waals surface area contributed by atoms with Gasteiger partial charge in [0.05, 0.1) is 17.7 Å². The molecule has 0 aliphatic carbocycles. The van der Waals surface area contributed by atoms with Crippen molar-refractivity contribution in [3.63, 3.8) is 0 Å². The molecule has 0 bridgehead atoms. The first-order chi connectivity index (χ1) is 9.06. The normalized spacial score (nSPS) is 12.2. The molecule has 0 aliphatic rings. The summed E-state index contributed by atoms with van der Waals surface area (Å²) in [5.41, 5.74) is 0.105. The van der Waals surface area contributed by atoms with Crippen LogP contribution in [0.3, 0.4) is 0 Å². The van der Waals surface area contributed by atoms with E-state index in [0.29, 0.717) is 6.61 Å². The lowest BCUT2D eigenvalue weighted by Crippen LogP contribution is -2.09. The van der Waals surface area contributed by atoms with E-state index >= 15 is 0 Å². The van der Waals surface area contributed by atoms with Gasteiger partial charge in [-0.3, -0.25) is 4.79 Å². The molecular formula is C14H18ClFO3. The summed E-state index contributed by atoms with van der Waals surface area (Å²) in [4.78, 5) is 11.4. The lowest BCUT2D eigenvalue weighted by molar-refractivity contribution is -0.144. The van der Waals surface area contributed by atoms with Gasteiger partial charge in [0.2, 0.25) is 0 Å². The molecule has 5 heteroatoms. The molecule has 0 spiro atoms. The summed E-state index contributed by atoms with van der Waals surface area (Å²) >= 11 is 5.63. The number of carbonyl (C=O) groups is 1. The summed E-state index contributed by atoms with van der Waals surface area (Å²) in [7, 11) is 0. The summed E-state index contributed by atoms with van der Waals surface area (Å²) in [6, 6.07) is 4.42. The van der Waals surface area contributed by atoms with Crippen molar-refractivity contribution in [2.45, 2.75) is 38.7 Å². The van der Waals surface area contributed by atoms with Gasteiger partial charge >= 0.3 is 5.97 Å². The average Bonchev–Trinajstić information content (AvgIpc) is 2.39. The number of hydrogen-bond acceptors (Lipinski definition) is 3. The average molecular weight is 289 g/mol. The zero-order chi connectivity index (χ0) is 14.3. The van der Waals surface area contributed by atoms with Gasteiger partial charge in [-0.15, -0.1) is 0 Å². The fraction of sp³-hybridized carbons (Fsp3) is 0.500. The van der Waals surface area contributed by atoms with E-state index in [1.165, 1.54) is 12.1 Å². The van der Waals surface area contributed by atoms with Crippen LogP contribution in [0.25, 0.3) is 0 Å². The predicted molar refractivity (Wildman–Crippen MR) is 71.5 cm³/mol. The van der Waals surface area contributed by atoms with Gasteiger partial charge in [0, 0.05) is 12.0 Å². The second-order valence-electron chi connectivity index (χ2n) is 4.27. The van der Waals surface area contributed by atoms with Crippen LogP contribution in [0, 0.1) is 5.82 Å². The molecule has 1 N–H and O–H groups in total. The largest absolute Gasteiger partial charge is 0.466 e. The van der Waals surface area contributed by atoms with Gasteiger partial charge in [0.1, 0.15) is 5.82 Å². The standard InChI is InChI=1S/C14H18ClFO3/c1-2-3-9-19-13(18)8-7-12(17)10-5-4-6-11(15)14(10)16/h4-6,12,17H,2-3,7-9H2,1H3. The van der Waals surface area contributed by atoms with Crippen molar-refractivity contribution in [2.75, 3.05) is 6.61 Å². The Balaban J connectivity index is 2.44. The van der Waals surface area contributed by atoms with Crippen LogP contribution >= 0.6 is 11.6 Å². The Morgan fingerprint density at radius 2 is 2.26 bits per heavy atom. The number of unbranched alkanes of at least 4 members (excludes halogenated alkanes) is 1. The molecule has 1 atom stereocenters. The van der Waals surface area contributed by atoms with Gasteiger partial charge in [0.15, 0.2) is 0 Å². The van der Waals surface area contributed by atoms with Crippen LogP contribution in [0.4, 0.5) is 4.39 Å². The third-order valence-electron chi connectivity index (χ3n) is 2.72. The Hall–Kier alpha value is -1.13. The van der Waals surface area contributed by atoms with E-state index in [1.807, 2.05) is 6.92 Å². The van der Waals surface area contributed by atoms with Crippen LogP contribution in [0.2, 0.25) is 5.02 Å². The van der Waals surface area contributed by atoms with Crippen molar-refractivity contribution in [1.29, 1.82) is 0 Å². The van der Waals surface area contributed by atoms with Crippen molar-refractivity contribution in [2.24, 2.45) is 0 Å². The lowest BCUT2D eigenvalue weighted by atomic mass is 10.0. The number of carbonyl (C=O) groups excluding carboxylic acids is 1. The first-order valence-electron chi connectivity index (χ1n) is 6.33. The molecule has 0 radical (unpaired) electrons. The zero-order valence-corrected chi connectivity index (χ0v) is 11.6. The number of esters is 1. The maximum atomic E-state index is 13.6. The number of aliphatic hydroxyl groups is 1. The highest BCUT2D eigenvalue weighted by Gasteiger charge is 2.16. The zero-order valence-electron chi connectivity index (χ0n) is 10.9. The van der Waals surface area contributed by atoms with Gasteiger partial charge in [0.25, 0.3) is 0 Å². The van der Waals surface area contributed by atoms with E-state index < -0.39 is 11.9 Å². The summed E-state index contributed by atoms with van der Waals surface area (Å²) in [5.74, 6) is -1.02. The summed E-state index contributed by atoms with van der Waals surface area (Å²) in [6.45, 7) is 2.39. The number of benzene rings is 1. The van der Waals surface area contributed by atoms with Gasteiger partial charge in [-0.1, -0.05) is 37.1 Å². The fourth-order valence-corrected chi connectivity index (χ4v) is 1.77. The molecule has 0 aromatic heterocycles. The van der Waals surface area contributed by atoms with Gasteiger partial charge < -0.3 is 9.84 Å². The Morgan fingerprint density at radius 3 is 2.95 bits per heavy atom. The van der Waals surface area contributed by atoms with Gasteiger partial charge in [-0.05, 0) is 18.9 Å². The van der Waals surface area contributed by atoms with Crippen LogP contribution in [-0.2, 0) is 9.53 Å². The molecule has 1 rings (SSSR count). The van der Waals surface area contributed by atoms with E-state index in [2.05, 4.69) is 0 Å². The van der Waals surface area contributed by atoms with E-state index in [-0.39, 0.29) is 29.4 Å². The second kappa shape index (κ2) is 8.12. The second-order valence-corrected chi connectivity index (χ2v) is 4.68. The Morgan fingerprint density at radius 1 is 1.53 bits per heavy atom. The molecule has 1 unspecified atom stereocenters. The quantitative estimate of drug-likeness (QED) is 0.615.